The van der Waals surface area contributed by atoms with E-state index in [9.17, 15) is 5.11 Å². The molecule has 19 heavy (non-hydrogen) atoms. The summed E-state index contributed by atoms with van der Waals surface area (Å²) in [4.78, 5) is 0.802. The fourth-order valence-corrected chi connectivity index (χ4v) is 3.52. The van der Waals surface area contributed by atoms with Crippen LogP contribution in [0.3, 0.4) is 0 Å². The first kappa shape index (κ1) is 12.7. The summed E-state index contributed by atoms with van der Waals surface area (Å²) in [6.07, 6.45) is -0.669. The number of aliphatic hydroxyl groups excluding tert-OH is 1. The standard InChI is InChI=1S/C16H13ClOS/c1-10-6-7-13(12-5-3-2-4-11(10)12)15(18)16-14(17)8-9-19-16/h2-9,15,18H,1H3. The minimum Gasteiger partial charge on any atom is -0.383 e. The average molecular weight is 289 g/mol. The molecule has 0 aliphatic rings. The predicted octanol–water partition coefficient (Wildman–Crippen LogP) is 4.94. The largest absolute Gasteiger partial charge is 0.383 e. The van der Waals surface area contributed by atoms with Crippen LogP contribution in [0.1, 0.15) is 22.1 Å². The lowest BCUT2D eigenvalue weighted by Crippen LogP contribution is -1.99. The quantitative estimate of drug-likeness (QED) is 0.708. The van der Waals surface area contributed by atoms with Crippen LogP contribution in [0.5, 0.6) is 0 Å². The predicted molar refractivity (Wildman–Crippen MR) is 82.1 cm³/mol. The molecule has 3 heteroatoms. The Bertz CT molecular complexity index is 732. The zero-order valence-corrected chi connectivity index (χ0v) is 12.0. The van der Waals surface area contributed by atoms with Gasteiger partial charge in [0, 0.05) is 0 Å². The Morgan fingerprint density at radius 2 is 1.79 bits per heavy atom. The van der Waals surface area contributed by atoms with Gasteiger partial charge in [-0.25, -0.2) is 0 Å². The molecule has 2 aromatic carbocycles. The highest BCUT2D eigenvalue weighted by molar-refractivity contribution is 7.10. The van der Waals surface area contributed by atoms with Crippen LogP contribution >= 0.6 is 22.9 Å². The SMILES string of the molecule is Cc1ccc(C(O)c2sccc2Cl)c2ccccc12. The van der Waals surface area contributed by atoms with Crippen molar-refractivity contribution in [1.82, 2.24) is 0 Å². The highest BCUT2D eigenvalue weighted by atomic mass is 35.5. The molecule has 0 spiro atoms. The smallest absolute Gasteiger partial charge is 0.115 e. The van der Waals surface area contributed by atoms with Crippen LogP contribution in [0, 0.1) is 6.92 Å². The van der Waals surface area contributed by atoms with E-state index in [1.165, 1.54) is 22.3 Å². The van der Waals surface area contributed by atoms with Crippen LogP contribution < -0.4 is 0 Å². The van der Waals surface area contributed by atoms with Crippen LogP contribution in [-0.4, -0.2) is 5.11 Å². The molecular formula is C16H13ClOS. The van der Waals surface area contributed by atoms with Gasteiger partial charge in [-0.1, -0.05) is 48.0 Å². The number of thiophene rings is 1. The van der Waals surface area contributed by atoms with Gasteiger partial charge in [0.05, 0.1) is 9.90 Å². The minimum absolute atomic E-state index is 0.627. The highest BCUT2D eigenvalue weighted by Crippen LogP contribution is 2.36. The third-order valence-corrected chi connectivity index (χ3v) is 4.77. The Morgan fingerprint density at radius 1 is 1.05 bits per heavy atom. The summed E-state index contributed by atoms with van der Waals surface area (Å²) in [5.41, 5.74) is 2.12. The van der Waals surface area contributed by atoms with Crippen molar-refractivity contribution < 1.29 is 5.11 Å². The van der Waals surface area contributed by atoms with Crippen molar-refractivity contribution in [1.29, 1.82) is 0 Å². The van der Waals surface area contributed by atoms with Crippen molar-refractivity contribution in [3.63, 3.8) is 0 Å². The van der Waals surface area contributed by atoms with Gasteiger partial charge in [0.2, 0.25) is 0 Å². The van der Waals surface area contributed by atoms with Gasteiger partial charge in [0.1, 0.15) is 6.10 Å². The maximum atomic E-state index is 10.6. The Hall–Kier alpha value is -1.35. The van der Waals surface area contributed by atoms with Crippen molar-refractivity contribution in [3.05, 3.63) is 68.9 Å². The van der Waals surface area contributed by atoms with E-state index in [1.54, 1.807) is 0 Å². The summed E-state index contributed by atoms with van der Waals surface area (Å²) < 4.78 is 0. The van der Waals surface area contributed by atoms with Gasteiger partial charge in [-0.3, -0.25) is 0 Å². The summed E-state index contributed by atoms with van der Waals surface area (Å²) in [6.45, 7) is 2.08. The van der Waals surface area contributed by atoms with Gasteiger partial charge >= 0.3 is 0 Å². The van der Waals surface area contributed by atoms with E-state index in [0.29, 0.717) is 5.02 Å². The zero-order chi connectivity index (χ0) is 13.4. The third kappa shape index (κ3) is 2.16. The first-order valence-corrected chi connectivity index (χ1v) is 7.33. The number of hydrogen-bond acceptors (Lipinski definition) is 2. The third-order valence-electron chi connectivity index (χ3n) is 3.36. The lowest BCUT2D eigenvalue weighted by molar-refractivity contribution is 0.226. The molecule has 1 N–H and O–H groups in total. The zero-order valence-electron chi connectivity index (χ0n) is 10.4. The molecule has 1 nitrogen and oxygen atoms in total. The molecule has 3 rings (SSSR count). The summed E-state index contributed by atoms with van der Waals surface area (Å²) in [7, 11) is 0. The second kappa shape index (κ2) is 4.97. The van der Waals surface area contributed by atoms with Gasteiger partial charge < -0.3 is 5.11 Å². The summed E-state index contributed by atoms with van der Waals surface area (Å²) in [6, 6.07) is 14.0. The van der Waals surface area contributed by atoms with E-state index in [0.717, 1.165) is 15.8 Å². The highest BCUT2D eigenvalue weighted by Gasteiger charge is 2.17. The van der Waals surface area contributed by atoms with E-state index >= 15 is 0 Å². The van der Waals surface area contributed by atoms with Gasteiger partial charge in [0.15, 0.2) is 0 Å². The first-order valence-electron chi connectivity index (χ1n) is 6.07. The molecule has 0 aliphatic carbocycles. The number of aliphatic hydroxyl groups is 1. The molecule has 96 valence electrons. The lowest BCUT2D eigenvalue weighted by atomic mass is 9.96. The maximum absolute atomic E-state index is 10.6. The monoisotopic (exact) mass is 288 g/mol. The molecule has 0 saturated heterocycles. The Kier molecular flexibility index (Phi) is 3.31. The fourth-order valence-electron chi connectivity index (χ4n) is 2.35. The van der Waals surface area contributed by atoms with Crippen molar-refractivity contribution >= 4 is 33.7 Å². The van der Waals surface area contributed by atoms with Gasteiger partial charge in [-0.15, -0.1) is 11.3 Å². The van der Waals surface area contributed by atoms with Crippen LogP contribution in [0.2, 0.25) is 5.02 Å². The Morgan fingerprint density at radius 3 is 2.47 bits per heavy atom. The van der Waals surface area contributed by atoms with Crippen LogP contribution in [-0.2, 0) is 0 Å². The second-order valence-electron chi connectivity index (χ2n) is 4.55. The number of benzene rings is 2. The molecule has 0 amide bonds. The number of rotatable bonds is 2. The second-order valence-corrected chi connectivity index (χ2v) is 5.91. The molecule has 0 saturated carbocycles. The normalized spacial score (nSPS) is 12.8. The number of hydrogen-bond donors (Lipinski definition) is 1. The molecule has 3 aromatic rings. The van der Waals surface area contributed by atoms with Crippen molar-refractivity contribution in [2.45, 2.75) is 13.0 Å². The minimum atomic E-state index is -0.669. The van der Waals surface area contributed by atoms with Crippen LogP contribution in [0.4, 0.5) is 0 Å². The number of halogens is 1. The molecule has 0 fully saturated rings. The Balaban J connectivity index is 2.21. The molecular weight excluding hydrogens is 276 g/mol. The van der Waals surface area contributed by atoms with E-state index in [2.05, 4.69) is 13.0 Å². The lowest BCUT2D eigenvalue weighted by Gasteiger charge is -2.14. The number of fused-ring (bicyclic) bond motifs is 1. The summed E-state index contributed by atoms with van der Waals surface area (Å²) in [5, 5.41) is 15.4. The van der Waals surface area contributed by atoms with Gasteiger partial charge in [0.25, 0.3) is 0 Å². The Labute approximate surface area is 121 Å². The topological polar surface area (TPSA) is 20.2 Å². The molecule has 1 atom stereocenters. The fraction of sp³-hybridized carbons (Fsp3) is 0.125. The molecule has 0 aliphatic heterocycles. The van der Waals surface area contributed by atoms with Crippen molar-refractivity contribution in [3.8, 4) is 0 Å². The van der Waals surface area contributed by atoms with Crippen molar-refractivity contribution in [2.24, 2.45) is 0 Å². The molecule has 0 bridgehead atoms. The molecule has 1 heterocycles. The molecule has 1 unspecified atom stereocenters. The van der Waals surface area contributed by atoms with Crippen LogP contribution in [0.25, 0.3) is 10.8 Å². The maximum Gasteiger partial charge on any atom is 0.115 e. The van der Waals surface area contributed by atoms with Gasteiger partial charge in [-0.05, 0) is 40.3 Å². The average Bonchev–Trinajstić information content (AvgIpc) is 2.85. The van der Waals surface area contributed by atoms with Gasteiger partial charge in [-0.2, -0.15) is 0 Å². The number of aryl methyl sites for hydroxylation is 1. The summed E-state index contributed by atoms with van der Waals surface area (Å²) >= 11 is 7.60. The van der Waals surface area contributed by atoms with E-state index in [4.69, 9.17) is 11.6 Å². The van der Waals surface area contributed by atoms with Crippen molar-refractivity contribution in [2.75, 3.05) is 0 Å². The summed E-state index contributed by atoms with van der Waals surface area (Å²) in [5.74, 6) is 0. The molecule has 1 aromatic heterocycles. The van der Waals surface area contributed by atoms with E-state index < -0.39 is 6.10 Å². The van der Waals surface area contributed by atoms with E-state index in [1.807, 2.05) is 41.8 Å². The molecule has 0 radical (unpaired) electrons. The first-order chi connectivity index (χ1) is 9.18. The van der Waals surface area contributed by atoms with E-state index in [-0.39, 0.29) is 0 Å². The van der Waals surface area contributed by atoms with Crippen LogP contribution in [0.15, 0.2) is 47.8 Å².